The number of hydrogen-bond donors (Lipinski definition) is 2. The zero-order valence-corrected chi connectivity index (χ0v) is 17.8. The van der Waals surface area contributed by atoms with E-state index in [1.54, 1.807) is 37.3 Å². The largest absolute Gasteiger partial charge is 0.360 e. The van der Waals surface area contributed by atoms with Crippen LogP contribution in [0.25, 0.3) is 10.9 Å². The molecule has 1 heterocycles. The molecule has 2 N–H and O–H groups in total. The summed E-state index contributed by atoms with van der Waals surface area (Å²) in [5.74, 6) is -0.473. The average Bonchev–Trinajstić information content (AvgIpc) is 2.75. The molecule has 0 saturated carbocycles. The molecule has 0 bridgehead atoms. The van der Waals surface area contributed by atoms with E-state index in [-0.39, 0.29) is 22.4 Å². The van der Waals surface area contributed by atoms with Crippen LogP contribution in [0.4, 0.5) is 5.69 Å². The minimum Gasteiger partial charge on any atom is -0.360 e. The molecule has 2 aromatic carbocycles. The number of sulfonamides is 1. The van der Waals surface area contributed by atoms with Gasteiger partial charge in [-0.15, -0.1) is 0 Å². The molecular formula is C22H25N3O4S. The van der Waals surface area contributed by atoms with Gasteiger partial charge >= 0.3 is 0 Å². The topological polar surface area (TPSA) is 99.3 Å². The number of para-hydroxylation sites is 1. The lowest BCUT2D eigenvalue weighted by molar-refractivity contribution is 0.0952. The molecule has 0 unspecified atom stereocenters. The predicted octanol–water partition coefficient (Wildman–Crippen LogP) is 3.27. The van der Waals surface area contributed by atoms with E-state index >= 15 is 0 Å². The molecule has 0 spiro atoms. The second-order valence-electron chi connectivity index (χ2n) is 6.85. The molecule has 1 aromatic heterocycles. The summed E-state index contributed by atoms with van der Waals surface area (Å²) in [6.45, 7) is 4.47. The number of nitrogens with zero attached hydrogens (tertiary/aromatic N) is 1. The third kappa shape index (κ3) is 4.23. The first-order valence-corrected chi connectivity index (χ1v) is 11.4. The number of anilines is 1. The van der Waals surface area contributed by atoms with Gasteiger partial charge in [0.05, 0.1) is 10.6 Å². The highest BCUT2D eigenvalue weighted by Crippen LogP contribution is 2.24. The molecule has 0 fully saturated rings. The van der Waals surface area contributed by atoms with Crippen LogP contribution in [-0.4, -0.2) is 32.4 Å². The summed E-state index contributed by atoms with van der Waals surface area (Å²) in [5, 5.41) is 2.87. The number of aromatic nitrogens is 1. The predicted molar refractivity (Wildman–Crippen MR) is 118 cm³/mol. The number of amides is 1. The van der Waals surface area contributed by atoms with Gasteiger partial charge in [-0.1, -0.05) is 31.5 Å². The Morgan fingerprint density at radius 1 is 1.10 bits per heavy atom. The quantitative estimate of drug-likeness (QED) is 0.539. The van der Waals surface area contributed by atoms with Crippen LogP contribution in [0, 0.1) is 0 Å². The van der Waals surface area contributed by atoms with E-state index in [1.165, 1.54) is 22.6 Å². The van der Waals surface area contributed by atoms with E-state index in [0.717, 1.165) is 12.8 Å². The van der Waals surface area contributed by atoms with Crippen molar-refractivity contribution in [3.63, 3.8) is 0 Å². The van der Waals surface area contributed by atoms with E-state index in [1.807, 2.05) is 13.0 Å². The SMILES string of the molecule is CCCCNC(=O)c1c[nH]c2ccc(S(=O)(=O)N(CC)c3ccccc3)cc2c1=O. The number of benzene rings is 2. The van der Waals surface area contributed by atoms with Gasteiger partial charge in [0.1, 0.15) is 5.56 Å². The Hall–Kier alpha value is -3.13. The van der Waals surface area contributed by atoms with Crippen LogP contribution in [0.3, 0.4) is 0 Å². The lowest BCUT2D eigenvalue weighted by Gasteiger charge is -2.23. The molecule has 8 heteroatoms. The number of fused-ring (bicyclic) bond motifs is 1. The molecule has 0 atom stereocenters. The number of nitrogens with one attached hydrogen (secondary N) is 2. The molecule has 30 heavy (non-hydrogen) atoms. The zero-order valence-electron chi connectivity index (χ0n) is 17.0. The molecule has 3 aromatic rings. The van der Waals surface area contributed by atoms with Crippen molar-refractivity contribution in [2.45, 2.75) is 31.6 Å². The van der Waals surface area contributed by atoms with Crippen molar-refractivity contribution in [3.05, 3.63) is 70.5 Å². The second kappa shape index (κ2) is 9.13. The molecule has 0 aliphatic heterocycles. The second-order valence-corrected chi connectivity index (χ2v) is 8.72. The number of H-pyrrole nitrogens is 1. The summed E-state index contributed by atoms with van der Waals surface area (Å²) in [5.41, 5.74) is 0.464. The minimum atomic E-state index is -3.88. The maximum absolute atomic E-state index is 13.2. The Balaban J connectivity index is 2.04. The van der Waals surface area contributed by atoms with E-state index in [0.29, 0.717) is 17.7 Å². The van der Waals surface area contributed by atoms with Gasteiger partial charge in [-0.3, -0.25) is 13.9 Å². The normalized spacial score (nSPS) is 11.4. The van der Waals surface area contributed by atoms with Gasteiger partial charge in [0, 0.05) is 30.2 Å². The van der Waals surface area contributed by atoms with Crippen LogP contribution < -0.4 is 15.1 Å². The van der Waals surface area contributed by atoms with Gasteiger partial charge in [-0.2, -0.15) is 0 Å². The number of rotatable bonds is 8. The summed E-state index contributed by atoms with van der Waals surface area (Å²) >= 11 is 0. The van der Waals surface area contributed by atoms with E-state index in [4.69, 9.17) is 0 Å². The van der Waals surface area contributed by atoms with Crippen LogP contribution >= 0.6 is 0 Å². The Labute approximate surface area is 175 Å². The van der Waals surface area contributed by atoms with Crippen molar-refractivity contribution in [3.8, 4) is 0 Å². The highest BCUT2D eigenvalue weighted by Gasteiger charge is 2.24. The standard InChI is InChI=1S/C22H25N3O4S/c1-3-5-13-23-22(27)19-15-24-20-12-11-17(14-18(20)21(19)26)30(28,29)25(4-2)16-9-7-6-8-10-16/h6-12,14-15H,3-5,13H2,1-2H3,(H,23,27)(H,24,26). The molecular weight excluding hydrogens is 402 g/mol. The molecule has 0 aliphatic carbocycles. The van der Waals surface area contributed by atoms with Gasteiger partial charge in [0.2, 0.25) is 5.43 Å². The monoisotopic (exact) mass is 427 g/mol. The number of hydrogen-bond acceptors (Lipinski definition) is 4. The lowest BCUT2D eigenvalue weighted by atomic mass is 10.1. The fraction of sp³-hybridized carbons (Fsp3) is 0.273. The summed E-state index contributed by atoms with van der Waals surface area (Å²) < 4.78 is 27.8. The van der Waals surface area contributed by atoms with Gasteiger partial charge in [0.25, 0.3) is 15.9 Å². The third-order valence-corrected chi connectivity index (χ3v) is 6.73. The van der Waals surface area contributed by atoms with Crippen LogP contribution in [0.2, 0.25) is 0 Å². The molecule has 7 nitrogen and oxygen atoms in total. The molecule has 1 amide bonds. The van der Waals surface area contributed by atoms with Crippen LogP contribution in [0.5, 0.6) is 0 Å². The first-order chi connectivity index (χ1) is 14.4. The third-order valence-electron chi connectivity index (χ3n) is 4.83. The molecule has 158 valence electrons. The molecule has 0 saturated heterocycles. The molecule has 3 rings (SSSR count). The zero-order chi connectivity index (χ0) is 21.7. The highest BCUT2D eigenvalue weighted by atomic mass is 32.2. The number of aromatic amines is 1. The van der Waals surface area contributed by atoms with Gasteiger partial charge in [-0.05, 0) is 43.7 Å². The van der Waals surface area contributed by atoms with Crippen molar-refractivity contribution in [1.82, 2.24) is 10.3 Å². The van der Waals surface area contributed by atoms with Gasteiger partial charge in [0.15, 0.2) is 0 Å². The molecule has 0 radical (unpaired) electrons. The smallest absolute Gasteiger partial charge is 0.264 e. The lowest BCUT2D eigenvalue weighted by Crippen LogP contribution is -2.31. The van der Waals surface area contributed by atoms with Gasteiger partial charge < -0.3 is 10.3 Å². The molecule has 0 aliphatic rings. The van der Waals surface area contributed by atoms with E-state index < -0.39 is 21.4 Å². The summed E-state index contributed by atoms with van der Waals surface area (Å²) in [4.78, 5) is 28.2. The van der Waals surface area contributed by atoms with Crippen LogP contribution in [0.1, 0.15) is 37.0 Å². The fourth-order valence-corrected chi connectivity index (χ4v) is 4.71. The van der Waals surface area contributed by atoms with Crippen LogP contribution in [-0.2, 0) is 10.0 Å². The van der Waals surface area contributed by atoms with Crippen molar-refractivity contribution in [1.29, 1.82) is 0 Å². The Morgan fingerprint density at radius 3 is 2.50 bits per heavy atom. The first kappa shape index (κ1) is 21.6. The summed E-state index contributed by atoms with van der Waals surface area (Å²) in [6, 6.07) is 13.1. The van der Waals surface area contributed by atoms with E-state index in [2.05, 4.69) is 10.3 Å². The number of unbranched alkanes of at least 4 members (excludes halogenated alkanes) is 1. The minimum absolute atomic E-state index is 0.00487. The summed E-state index contributed by atoms with van der Waals surface area (Å²) in [6.07, 6.45) is 3.10. The number of carbonyl (C=O) groups is 1. The Morgan fingerprint density at radius 2 is 1.83 bits per heavy atom. The van der Waals surface area contributed by atoms with Gasteiger partial charge in [-0.25, -0.2) is 8.42 Å². The first-order valence-electron chi connectivity index (χ1n) is 9.91. The number of pyridine rings is 1. The van der Waals surface area contributed by atoms with Crippen molar-refractivity contribution >= 4 is 32.5 Å². The Bertz CT molecular complexity index is 1200. The van der Waals surface area contributed by atoms with Crippen molar-refractivity contribution in [2.75, 3.05) is 17.4 Å². The Kier molecular flexibility index (Phi) is 6.56. The maximum atomic E-state index is 13.2. The highest BCUT2D eigenvalue weighted by molar-refractivity contribution is 7.92. The summed E-state index contributed by atoms with van der Waals surface area (Å²) in [7, 11) is -3.88. The maximum Gasteiger partial charge on any atom is 0.264 e. The fourth-order valence-electron chi connectivity index (χ4n) is 3.21. The average molecular weight is 428 g/mol. The van der Waals surface area contributed by atoms with Crippen molar-refractivity contribution < 1.29 is 13.2 Å². The van der Waals surface area contributed by atoms with Crippen LogP contribution in [0.15, 0.2) is 64.4 Å². The van der Waals surface area contributed by atoms with Crippen molar-refractivity contribution in [2.24, 2.45) is 0 Å². The number of carbonyl (C=O) groups excluding carboxylic acids is 1. The van der Waals surface area contributed by atoms with E-state index in [9.17, 15) is 18.0 Å².